The van der Waals surface area contributed by atoms with Gasteiger partial charge in [-0.15, -0.1) is 0 Å². The summed E-state index contributed by atoms with van der Waals surface area (Å²) in [5, 5.41) is 8.66. The summed E-state index contributed by atoms with van der Waals surface area (Å²) in [5.41, 5.74) is -0.278. The molecule has 0 aliphatic carbocycles. The van der Waals surface area contributed by atoms with E-state index in [-0.39, 0.29) is 17.0 Å². The third-order valence-corrected chi connectivity index (χ3v) is 2.15. The Bertz CT molecular complexity index is 342. The van der Waals surface area contributed by atoms with E-state index >= 15 is 0 Å². The zero-order chi connectivity index (χ0) is 11.6. The minimum absolute atomic E-state index is 0.159. The molecule has 1 nitrogen and oxygen atoms in total. The summed E-state index contributed by atoms with van der Waals surface area (Å²) in [6.07, 6.45) is -4.38. The summed E-state index contributed by atoms with van der Waals surface area (Å²) in [6.45, 7) is 4.07. The van der Waals surface area contributed by atoms with Gasteiger partial charge in [0.15, 0.2) is 0 Å². The first kappa shape index (κ1) is 12.0. The lowest BCUT2D eigenvalue weighted by Crippen LogP contribution is -2.10. The van der Waals surface area contributed by atoms with Crippen LogP contribution in [0.4, 0.5) is 13.2 Å². The largest absolute Gasteiger partial charge is 0.416 e. The third kappa shape index (κ3) is 2.72. The number of alkyl halides is 3. The van der Waals surface area contributed by atoms with Crippen molar-refractivity contribution < 1.29 is 18.3 Å². The summed E-state index contributed by atoms with van der Waals surface area (Å²) in [5.74, 6) is -0.200. The molecular weight excluding hydrogens is 205 g/mol. The Kier molecular flexibility index (Phi) is 3.39. The lowest BCUT2D eigenvalue weighted by molar-refractivity contribution is -0.138. The minimum atomic E-state index is -4.38. The van der Waals surface area contributed by atoms with Crippen molar-refractivity contribution in [3.8, 4) is 0 Å². The summed E-state index contributed by atoms with van der Waals surface area (Å²) in [6, 6.07) is 3.81. The molecule has 0 bridgehead atoms. The van der Waals surface area contributed by atoms with Gasteiger partial charge in [0.1, 0.15) is 6.61 Å². The van der Waals surface area contributed by atoms with Gasteiger partial charge in [-0.2, -0.15) is 13.2 Å². The van der Waals surface area contributed by atoms with Crippen LogP contribution in [0.15, 0.2) is 18.2 Å². The molecule has 4 heteroatoms. The maximum Gasteiger partial charge on any atom is 0.416 e. The zero-order valence-corrected chi connectivity index (χ0v) is 8.47. The molecule has 0 heterocycles. The number of aliphatic hydroxyl groups is 1. The van der Waals surface area contributed by atoms with Crippen LogP contribution in [0.1, 0.15) is 36.5 Å². The Balaban J connectivity index is 3.29. The Labute approximate surface area is 86.5 Å². The van der Waals surface area contributed by atoms with Crippen molar-refractivity contribution in [2.45, 2.75) is 25.9 Å². The Morgan fingerprint density at radius 2 is 1.87 bits per heavy atom. The van der Waals surface area contributed by atoms with Gasteiger partial charge in [0.2, 0.25) is 0 Å². The van der Waals surface area contributed by atoms with E-state index in [0.717, 1.165) is 6.07 Å². The van der Waals surface area contributed by atoms with Gasteiger partial charge in [-0.1, -0.05) is 26.0 Å². The normalized spacial score (nSPS) is 12.2. The molecule has 15 heavy (non-hydrogen) atoms. The number of rotatable bonds is 2. The lowest BCUT2D eigenvalue weighted by Gasteiger charge is -2.16. The topological polar surface area (TPSA) is 20.2 Å². The van der Waals surface area contributed by atoms with Crippen molar-refractivity contribution in [1.82, 2.24) is 0 Å². The maximum atomic E-state index is 12.6. The highest BCUT2D eigenvalue weighted by atomic mass is 19.4. The van der Waals surface area contributed by atoms with Crippen LogP contribution in [0, 0.1) is 6.61 Å². The quantitative estimate of drug-likeness (QED) is 0.800. The van der Waals surface area contributed by atoms with Crippen LogP contribution in [-0.4, -0.2) is 5.11 Å². The molecule has 83 valence electrons. The molecule has 1 N–H and O–H groups in total. The molecule has 0 aliphatic heterocycles. The van der Waals surface area contributed by atoms with E-state index in [1.165, 1.54) is 12.1 Å². The monoisotopic (exact) mass is 217 g/mol. The van der Waals surface area contributed by atoms with Gasteiger partial charge in [0, 0.05) is 0 Å². The summed E-state index contributed by atoms with van der Waals surface area (Å²) >= 11 is 0. The number of hydrogen-bond donors (Lipinski definition) is 1. The van der Waals surface area contributed by atoms with Crippen molar-refractivity contribution in [3.05, 3.63) is 41.5 Å². The first-order valence-electron chi connectivity index (χ1n) is 4.55. The Morgan fingerprint density at radius 3 is 2.27 bits per heavy atom. The van der Waals surface area contributed by atoms with E-state index < -0.39 is 11.7 Å². The molecule has 1 aromatic carbocycles. The Morgan fingerprint density at radius 1 is 1.27 bits per heavy atom. The first-order valence-corrected chi connectivity index (χ1v) is 4.55. The molecule has 0 saturated carbocycles. The molecule has 1 rings (SSSR count). The summed E-state index contributed by atoms with van der Waals surface area (Å²) in [4.78, 5) is 0. The van der Waals surface area contributed by atoms with Crippen molar-refractivity contribution in [3.63, 3.8) is 0 Å². The van der Waals surface area contributed by atoms with Gasteiger partial charge in [0.05, 0.1) is 5.56 Å². The number of hydrogen-bond acceptors (Lipinski definition) is 1. The fourth-order valence-corrected chi connectivity index (χ4v) is 1.40. The molecule has 1 aromatic rings. The van der Waals surface area contributed by atoms with Gasteiger partial charge < -0.3 is 5.11 Å². The van der Waals surface area contributed by atoms with Crippen molar-refractivity contribution in [1.29, 1.82) is 0 Å². The molecular formula is C11H12F3O. The molecule has 0 amide bonds. The number of benzene rings is 1. The van der Waals surface area contributed by atoms with Crippen molar-refractivity contribution in [2.24, 2.45) is 0 Å². The van der Waals surface area contributed by atoms with Crippen molar-refractivity contribution in [2.75, 3.05) is 0 Å². The van der Waals surface area contributed by atoms with Crippen LogP contribution in [0.2, 0.25) is 0 Å². The highest BCUT2D eigenvalue weighted by molar-refractivity contribution is 5.37. The smallest absolute Gasteiger partial charge is 0.385 e. The second kappa shape index (κ2) is 4.23. The van der Waals surface area contributed by atoms with E-state index in [4.69, 9.17) is 5.11 Å². The van der Waals surface area contributed by atoms with Crippen LogP contribution >= 0.6 is 0 Å². The molecule has 0 aromatic heterocycles. The maximum absolute atomic E-state index is 12.6. The Hall–Kier alpha value is -1.03. The third-order valence-electron chi connectivity index (χ3n) is 2.15. The van der Waals surface area contributed by atoms with Crippen molar-refractivity contribution >= 4 is 0 Å². The second-order valence-corrected chi connectivity index (χ2v) is 3.63. The fraction of sp³-hybridized carbons (Fsp3) is 0.364. The van der Waals surface area contributed by atoms with E-state index in [0.29, 0.717) is 6.61 Å². The molecule has 0 atom stereocenters. The SMILES string of the molecule is CC(C)c1ccc([CH]O)cc1C(F)(F)F. The van der Waals surface area contributed by atoms with Gasteiger partial charge in [-0.25, -0.2) is 0 Å². The van der Waals surface area contributed by atoms with Crippen LogP contribution in [-0.2, 0) is 6.18 Å². The second-order valence-electron chi connectivity index (χ2n) is 3.63. The van der Waals surface area contributed by atoms with Gasteiger partial charge in [-0.3, -0.25) is 0 Å². The van der Waals surface area contributed by atoms with E-state index in [2.05, 4.69) is 0 Å². The summed E-state index contributed by atoms with van der Waals surface area (Å²) < 4.78 is 37.9. The van der Waals surface area contributed by atoms with E-state index in [9.17, 15) is 13.2 Å². The first-order chi connectivity index (χ1) is 6.86. The van der Waals surface area contributed by atoms with E-state index in [1.54, 1.807) is 13.8 Å². The van der Waals surface area contributed by atoms with E-state index in [1.807, 2.05) is 0 Å². The molecule has 1 radical (unpaired) electrons. The van der Waals surface area contributed by atoms with Crippen LogP contribution < -0.4 is 0 Å². The fourth-order valence-electron chi connectivity index (χ4n) is 1.40. The molecule has 0 fully saturated rings. The van der Waals surface area contributed by atoms with Gasteiger partial charge >= 0.3 is 6.18 Å². The molecule has 0 aliphatic rings. The number of aliphatic hydroxyl groups excluding tert-OH is 1. The lowest BCUT2D eigenvalue weighted by atomic mass is 9.95. The highest BCUT2D eigenvalue weighted by Gasteiger charge is 2.34. The van der Waals surface area contributed by atoms with Gasteiger partial charge in [0.25, 0.3) is 0 Å². The average molecular weight is 217 g/mol. The predicted molar refractivity (Wildman–Crippen MR) is 50.9 cm³/mol. The van der Waals surface area contributed by atoms with Crippen LogP contribution in [0.3, 0.4) is 0 Å². The predicted octanol–water partition coefficient (Wildman–Crippen LogP) is 3.71. The minimum Gasteiger partial charge on any atom is -0.385 e. The highest BCUT2D eigenvalue weighted by Crippen LogP contribution is 2.35. The molecule has 0 unspecified atom stereocenters. The van der Waals surface area contributed by atoms with Crippen LogP contribution in [0.25, 0.3) is 0 Å². The molecule has 0 spiro atoms. The molecule has 0 saturated heterocycles. The average Bonchev–Trinajstić information content (AvgIpc) is 2.15. The standard InChI is InChI=1S/C11H12F3O/c1-7(2)9-4-3-8(6-15)5-10(9)11(12,13)14/h3-7,15H,1-2H3. The number of halogens is 3. The van der Waals surface area contributed by atoms with Crippen LogP contribution in [0.5, 0.6) is 0 Å². The van der Waals surface area contributed by atoms with Gasteiger partial charge in [-0.05, 0) is 23.1 Å². The summed E-state index contributed by atoms with van der Waals surface area (Å²) in [7, 11) is 0. The zero-order valence-electron chi connectivity index (χ0n) is 8.47.